The van der Waals surface area contributed by atoms with Crippen LogP contribution in [0.1, 0.15) is 33.3 Å². The molecule has 0 saturated heterocycles. The lowest BCUT2D eigenvalue weighted by Crippen LogP contribution is -2.51. The van der Waals surface area contributed by atoms with Gasteiger partial charge < -0.3 is 19.7 Å². The molecule has 0 spiro atoms. The molecular formula is C28H26N4O2. The minimum absolute atomic E-state index is 0.0466. The van der Waals surface area contributed by atoms with Crippen LogP contribution in [0.5, 0.6) is 0 Å². The molecule has 6 nitrogen and oxygen atoms in total. The number of anilines is 1. The standard InChI is InChI=1S/C28H26N4O2/c1-30-23-13-7-6-12-22(23)28(34)31-16-15-21-20-11-5-8-14-24(20)32(26(21)27(30)31)18-25(33)29-17-19-9-3-2-4-10-19/h2-14,27H,15-18H2,1H3,(H,29,33)/t27-/m1/s1. The van der Waals surface area contributed by atoms with Crippen LogP contribution in [0.4, 0.5) is 5.69 Å². The SMILES string of the molecule is CN1c2ccccc2C(=O)N2CCc3c(n(CC(=O)NCc4ccccc4)c4ccccc34)[C@@H]21. The maximum absolute atomic E-state index is 13.4. The summed E-state index contributed by atoms with van der Waals surface area (Å²) >= 11 is 0. The Morgan fingerprint density at radius 2 is 1.71 bits per heavy atom. The van der Waals surface area contributed by atoms with Gasteiger partial charge >= 0.3 is 0 Å². The third-order valence-electron chi connectivity index (χ3n) is 7.04. The maximum atomic E-state index is 13.4. The van der Waals surface area contributed by atoms with E-state index in [0.717, 1.165) is 39.8 Å². The number of carbonyl (C=O) groups excluding carboxylic acids is 2. The van der Waals surface area contributed by atoms with Crippen molar-refractivity contribution in [1.82, 2.24) is 14.8 Å². The van der Waals surface area contributed by atoms with E-state index in [9.17, 15) is 9.59 Å². The largest absolute Gasteiger partial charge is 0.350 e. The molecule has 0 saturated carbocycles. The molecule has 3 aromatic carbocycles. The number of rotatable bonds is 4. The zero-order chi connectivity index (χ0) is 23.2. The maximum Gasteiger partial charge on any atom is 0.257 e. The zero-order valence-corrected chi connectivity index (χ0v) is 19.1. The van der Waals surface area contributed by atoms with Gasteiger partial charge in [-0.1, -0.05) is 60.7 Å². The predicted octanol–water partition coefficient (Wildman–Crippen LogP) is 4.10. The third-order valence-corrected chi connectivity index (χ3v) is 7.04. The van der Waals surface area contributed by atoms with E-state index in [1.807, 2.05) is 78.7 Å². The van der Waals surface area contributed by atoms with Crippen LogP contribution in [0.25, 0.3) is 10.9 Å². The number of carbonyl (C=O) groups is 2. The van der Waals surface area contributed by atoms with Gasteiger partial charge in [-0.05, 0) is 35.7 Å². The highest BCUT2D eigenvalue weighted by molar-refractivity contribution is 6.02. The number of fused-ring (bicyclic) bond motifs is 6. The zero-order valence-electron chi connectivity index (χ0n) is 19.1. The van der Waals surface area contributed by atoms with Gasteiger partial charge in [0.05, 0.1) is 16.9 Å². The van der Waals surface area contributed by atoms with E-state index in [4.69, 9.17) is 0 Å². The molecule has 6 heteroatoms. The normalized spacial score (nSPS) is 16.7. The molecule has 0 bridgehead atoms. The quantitative estimate of drug-likeness (QED) is 0.509. The van der Waals surface area contributed by atoms with Gasteiger partial charge in [0, 0.05) is 31.0 Å². The van der Waals surface area contributed by atoms with Crippen molar-refractivity contribution >= 4 is 28.4 Å². The number of benzene rings is 3. The number of amides is 2. The molecule has 2 aliphatic heterocycles. The Labute approximate surface area is 198 Å². The fourth-order valence-electron chi connectivity index (χ4n) is 5.47. The van der Waals surface area contributed by atoms with Crippen LogP contribution >= 0.6 is 0 Å². The Balaban J connectivity index is 1.41. The molecular weight excluding hydrogens is 424 g/mol. The topological polar surface area (TPSA) is 57.6 Å². The number of para-hydroxylation sites is 2. The molecule has 0 aliphatic carbocycles. The minimum Gasteiger partial charge on any atom is -0.350 e. The number of hydrogen-bond donors (Lipinski definition) is 1. The van der Waals surface area contributed by atoms with Crippen molar-refractivity contribution in [1.29, 1.82) is 0 Å². The molecule has 0 fully saturated rings. The van der Waals surface area contributed by atoms with Gasteiger partial charge in [0.2, 0.25) is 5.91 Å². The summed E-state index contributed by atoms with van der Waals surface area (Å²) in [4.78, 5) is 30.6. The minimum atomic E-state index is -0.250. The van der Waals surface area contributed by atoms with Crippen molar-refractivity contribution in [2.45, 2.75) is 25.7 Å². The smallest absolute Gasteiger partial charge is 0.257 e. The first-order valence-electron chi connectivity index (χ1n) is 11.7. The Bertz CT molecular complexity index is 1410. The monoisotopic (exact) mass is 450 g/mol. The second-order valence-electron chi connectivity index (χ2n) is 8.98. The number of nitrogens with zero attached hydrogens (tertiary/aromatic N) is 3. The van der Waals surface area contributed by atoms with E-state index in [-0.39, 0.29) is 24.5 Å². The fourth-order valence-corrected chi connectivity index (χ4v) is 5.47. The molecule has 2 aliphatic rings. The first-order chi connectivity index (χ1) is 16.6. The highest BCUT2D eigenvalue weighted by Crippen LogP contribution is 2.44. The molecule has 170 valence electrons. The summed E-state index contributed by atoms with van der Waals surface area (Å²) in [7, 11) is 2.04. The first kappa shape index (κ1) is 20.5. The summed E-state index contributed by atoms with van der Waals surface area (Å²) in [5, 5.41) is 4.22. The van der Waals surface area contributed by atoms with Crippen LogP contribution in [0, 0.1) is 0 Å². The molecule has 0 radical (unpaired) electrons. The van der Waals surface area contributed by atoms with Gasteiger partial charge in [-0.2, -0.15) is 0 Å². The number of hydrogen-bond acceptors (Lipinski definition) is 3. The van der Waals surface area contributed by atoms with Crippen LogP contribution in [-0.4, -0.2) is 34.9 Å². The lowest BCUT2D eigenvalue weighted by Gasteiger charge is -2.46. The van der Waals surface area contributed by atoms with E-state index < -0.39 is 0 Å². The number of nitrogens with one attached hydrogen (secondary N) is 1. The molecule has 6 rings (SSSR count). The summed E-state index contributed by atoms with van der Waals surface area (Å²) < 4.78 is 2.11. The predicted molar refractivity (Wildman–Crippen MR) is 133 cm³/mol. The van der Waals surface area contributed by atoms with Gasteiger partial charge in [-0.15, -0.1) is 0 Å². The Kier molecular flexibility index (Phi) is 4.87. The van der Waals surface area contributed by atoms with E-state index in [1.54, 1.807) is 0 Å². The molecule has 0 unspecified atom stereocenters. The molecule has 34 heavy (non-hydrogen) atoms. The molecule has 4 aromatic rings. The van der Waals surface area contributed by atoms with Crippen LogP contribution in [-0.2, 0) is 24.3 Å². The van der Waals surface area contributed by atoms with Gasteiger partial charge in [0.1, 0.15) is 12.7 Å². The van der Waals surface area contributed by atoms with Crippen molar-refractivity contribution in [2.75, 3.05) is 18.5 Å². The van der Waals surface area contributed by atoms with Crippen molar-refractivity contribution in [3.8, 4) is 0 Å². The lowest BCUT2D eigenvalue weighted by atomic mass is 9.96. The van der Waals surface area contributed by atoms with Gasteiger partial charge in [-0.3, -0.25) is 9.59 Å². The lowest BCUT2D eigenvalue weighted by molar-refractivity contribution is -0.121. The number of aromatic nitrogens is 1. The first-order valence-corrected chi connectivity index (χ1v) is 11.7. The third kappa shape index (κ3) is 3.17. The van der Waals surface area contributed by atoms with Crippen LogP contribution in [0.3, 0.4) is 0 Å². The Morgan fingerprint density at radius 1 is 0.971 bits per heavy atom. The van der Waals surface area contributed by atoms with E-state index in [1.165, 1.54) is 5.56 Å². The Hall–Kier alpha value is -4.06. The molecule has 1 atom stereocenters. The highest BCUT2D eigenvalue weighted by atomic mass is 16.2. The van der Waals surface area contributed by atoms with Crippen LogP contribution in [0.15, 0.2) is 78.9 Å². The van der Waals surface area contributed by atoms with Crippen molar-refractivity contribution < 1.29 is 9.59 Å². The average molecular weight is 451 g/mol. The van der Waals surface area contributed by atoms with E-state index >= 15 is 0 Å². The second kappa shape index (κ2) is 8.06. The van der Waals surface area contributed by atoms with Crippen LogP contribution < -0.4 is 10.2 Å². The van der Waals surface area contributed by atoms with E-state index in [0.29, 0.717) is 13.1 Å². The summed E-state index contributed by atoms with van der Waals surface area (Å²) in [6.45, 7) is 1.35. The van der Waals surface area contributed by atoms with Gasteiger partial charge in [-0.25, -0.2) is 0 Å². The van der Waals surface area contributed by atoms with Crippen molar-refractivity contribution in [3.63, 3.8) is 0 Å². The van der Waals surface area contributed by atoms with Gasteiger partial charge in [0.15, 0.2) is 0 Å². The Morgan fingerprint density at radius 3 is 2.56 bits per heavy atom. The fraction of sp³-hybridized carbons (Fsp3) is 0.214. The molecule has 2 amide bonds. The van der Waals surface area contributed by atoms with Gasteiger partial charge in [0.25, 0.3) is 5.91 Å². The molecule has 3 heterocycles. The highest BCUT2D eigenvalue weighted by Gasteiger charge is 2.42. The second-order valence-corrected chi connectivity index (χ2v) is 8.98. The summed E-state index contributed by atoms with van der Waals surface area (Å²) in [5.74, 6) is 0.00408. The molecule has 1 aromatic heterocycles. The van der Waals surface area contributed by atoms with Crippen LogP contribution in [0.2, 0.25) is 0 Å². The summed E-state index contributed by atoms with van der Waals surface area (Å²) in [6.07, 6.45) is 0.521. The molecule has 1 N–H and O–H groups in total. The van der Waals surface area contributed by atoms with E-state index in [2.05, 4.69) is 26.9 Å². The average Bonchev–Trinajstić information content (AvgIpc) is 3.20. The van der Waals surface area contributed by atoms with Crippen molar-refractivity contribution in [2.24, 2.45) is 0 Å². The van der Waals surface area contributed by atoms with Crippen molar-refractivity contribution in [3.05, 3.63) is 101 Å². The summed E-state index contributed by atoms with van der Waals surface area (Å²) in [5.41, 5.74) is 6.01. The summed E-state index contributed by atoms with van der Waals surface area (Å²) in [6, 6.07) is 25.9.